The molecule has 0 saturated heterocycles. The van der Waals surface area contributed by atoms with E-state index in [9.17, 15) is 14.9 Å². The first-order valence-corrected chi connectivity index (χ1v) is 8.01. The van der Waals surface area contributed by atoms with Crippen LogP contribution in [-0.4, -0.2) is 17.9 Å². The van der Waals surface area contributed by atoms with Gasteiger partial charge in [-0.05, 0) is 54.7 Å². The van der Waals surface area contributed by atoms with Gasteiger partial charge in [-0.25, -0.2) is 0 Å². The van der Waals surface area contributed by atoms with Gasteiger partial charge in [0, 0.05) is 11.8 Å². The van der Waals surface area contributed by atoms with Gasteiger partial charge in [0.25, 0.3) is 11.6 Å². The number of aryl methyl sites for hydroxylation is 1. The maximum atomic E-state index is 12.7. The third kappa shape index (κ3) is 3.40. The number of nitrogen functional groups attached to an aromatic ring is 1. The predicted octanol–water partition coefficient (Wildman–Crippen LogP) is 2.99. The monoisotopic (exact) mass is 341 g/mol. The Morgan fingerprint density at radius 2 is 2.12 bits per heavy atom. The van der Waals surface area contributed by atoms with Crippen molar-refractivity contribution in [3.05, 3.63) is 63.2 Å². The number of hydrogen-bond acceptors (Lipinski definition) is 5. The van der Waals surface area contributed by atoms with Crippen LogP contribution in [0.4, 0.5) is 11.4 Å². The summed E-state index contributed by atoms with van der Waals surface area (Å²) in [4.78, 5) is 23.3. The van der Waals surface area contributed by atoms with Gasteiger partial charge in [-0.15, -0.1) is 0 Å². The molecule has 0 heterocycles. The minimum atomic E-state index is -0.566. The van der Waals surface area contributed by atoms with Gasteiger partial charge in [-0.1, -0.05) is 6.07 Å². The van der Waals surface area contributed by atoms with Crippen LogP contribution in [0.25, 0.3) is 0 Å². The quantitative estimate of drug-likeness (QED) is 0.505. The number of benzene rings is 2. The maximum Gasteiger partial charge on any atom is 0.282 e. The Labute approximate surface area is 144 Å². The Bertz CT molecular complexity index is 835. The zero-order valence-electron chi connectivity index (χ0n) is 13.8. The minimum Gasteiger partial charge on any atom is -0.497 e. The zero-order chi connectivity index (χ0) is 18.0. The van der Waals surface area contributed by atoms with Crippen molar-refractivity contribution in [1.29, 1.82) is 0 Å². The van der Waals surface area contributed by atoms with E-state index in [1.807, 2.05) is 12.1 Å². The lowest BCUT2D eigenvalue weighted by atomic mass is 9.87. The molecule has 25 heavy (non-hydrogen) atoms. The van der Waals surface area contributed by atoms with E-state index in [0.717, 1.165) is 30.4 Å². The Morgan fingerprint density at radius 3 is 2.84 bits per heavy atom. The number of nitro benzene ring substituents is 1. The molecule has 130 valence electrons. The lowest BCUT2D eigenvalue weighted by molar-refractivity contribution is -0.385. The number of methoxy groups -OCH3 is 1. The van der Waals surface area contributed by atoms with E-state index < -0.39 is 10.8 Å². The van der Waals surface area contributed by atoms with E-state index in [2.05, 4.69) is 5.32 Å². The first-order valence-electron chi connectivity index (χ1n) is 8.01. The molecule has 1 amide bonds. The summed E-state index contributed by atoms with van der Waals surface area (Å²) in [5, 5.41) is 14.1. The van der Waals surface area contributed by atoms with Crippen LogP contribution < -0.4 is 15.8 Å². The number of nitrogens with one attached hydrogen (secondary N) is 1. The molecule has 3 N–H and O–H groups in total. The average molecular weight is 341 g/mol. The normalized spacial score (nSPS) is 16.0. The fraction of sp³-hybridized carbons (Fsp3) is 0.278. The van der Waals surface area contributed by atoms with Crippen molar-refractivity contribution in [3.8, 4) is 5.75 Å². The Hall–Kier alpha value is -3.09. The molecule has 0 saturated carbocycles. The summed E-state index contributed by atoms with van der Waals surface area (Å²) >= 11 is 0. The Morgan fingerprint density at radius 1 is 1.32 bits per heavy atom. The van der Waals surface area contributed by atoms with Crippen molar-refractivity contribution in [2.45, 2.75) is 25.3 Å². The number of anilines is 1. The second-order valence-corrected chi connectivity index (χ2v) is 6.02. The molecule has 2 aromatic rings. The van der Waals surface area contributed by atoms with Crippen LogP contribution in [0, 0.1) is 10.1 Å². The van der Waals surface area contributed by atoms with Gasteiger partial charge in [-0.3, -0.25) is 14.9 Å². The first kappa shape index (κ1) is 16.8. The van der Waals surface area contributed by atoms with Crippen LogP contribution >= 0.6 is 0 Å². The standard InChI is InChI=1S/C18H19N3O4/c1-25-13-6-8-17(21(23)24)15(10-13)18(22)20-16-4-2-3-11-9-12(19)5-7-14(11)16/h5-10,16H,2-4,19H2,1H3,(H,20,22). The van der Waals surface area contributed by atoms with E-state index in [1.165, 1.54) is 25.3 Å². The number of nitrogens with two attached hydrogens (primary N) is 1. The second kappa shape index (κ2) is 6.80. The van der Waals surface area contributed by atoms with E-state index in [1.54, 1.807) is 6.07 Å². The summed E-state index contributed by atoms with van der Waals surface area (Å²) in [5.74, 6) is -0.0900. The van der Waals surface area contributed by atoms with Crippen LogP contribution in [0.15, 0.2) is 36.4 Å². The van der Waals surface area contributed by atoms with Crippen molar-refractivity contribution >= 4 is 17.3 Å². The molecular weight excluding hydrogens is 322 g/mol. The fourth-order valence-corrected chi connectivity index (χ4v) is 3.20. The van der Waals surface area contributed by atoms with Crippen LogP contribution in [0.3, 0.4) is 0 Å². The lowest BCUT2D eigenvalue weighted by Gasteiger charge is -2.26. The highest BCUT2D eigenvalue weighted by atomic mass is 16.6. The fourth-order valence-electron chi connectivity index (χ4n) is 3.20. The van der Waals surface area contributed by atoms with Gasteiger partial charge in [-0.2, -0.15) is 0 Å². The van der Waals surface area contributed by atoms with Crippen molar-refractivity contribution < 1.29 is 14.5 Å². The molecule has 1 atom stereocenters. The van der Waals surface area contributed by atoms with Crippen molar-refractivity contribution in [1.82, 2.24) is 5.32 Å². The average Bonchev–Trinajstić information content (AvgIpc) is 2.60. The molecule has 7 heteroatoms. The molecule has 1 aliphatic rings. The number of carbonyl (C=O) groups is 1. The van der Waals surface area contributed by atoms with Crippen LogP contribution in [0.2, 0.25) is 0 Å². The molecule has 1 aliphatic carbocycles. The summed E-state index contributed by atoms with van der Waals surface area (Å²) in [6, 6.07) is 9.58. The molecule has 0 fully saturated rings. The summed E-state index contributed by atoms with van der Waals surface area (Å²) in [6.45, 7) is 0. The lowest BCUT2D eigenvalue weighted by Crippen LogP contribution is -2.31. The number of ether oxygens (including phenoxy) is 1. The van der Waals surface area contributed by atoms with Gasteiger partial charge in [0.15, 0.2) is 0 Å². The molecule has 0 spiro atoms. The number of carbonyl (C=O) groups excluding carboxylic acids is 1. The summed E-state index contributed by atoms with van der Waals surface area (Å²) in [5.41, 5.74) is 8.39. The van der Waals surface area contributed by atoms with Gasteiger partial charge in [0.1, 0.15) is 11.3 Å². The maximum absolute atomic E-state index is 12.7. The molecule has 2 aromatic carbocycles. The van der Waals surface area contributed by atoms with E-state index >= 15 is 0 Å². The molecule has 0 aliphatic heterocycles. The van der Waals surface area contributed by atoms with Gasteiger partial charge in [0.2, 0.25) is 0 Å². The molecule has 1 unspecified atom stereocenters. The van der Waals surface area contributed by atoms with Crippen molar-refractivity contribution in [2.24, 2.45) is 0 Å². The molecule has 7 nitrogen and oxygen atoms in total. The first-order chi connectivity index (χ1) is 12.0. The Balaban J connectivity index is 1.90. The number of fused-ring (bicyclic) bond motifs is 1. The third-order valence-electron chi connectivity index (χ3n) is 4.43. The smallest absolute Gasteiger partial charge is 0.282 e. The van der Waals surface area contributed by atoms with Gasteiger partial charge < -0.3 is 15.8 Å². The number of nitrogens with zero attached hydrogens (tertiary/aromatic N) is 1. The highest BCUT2D eigenvalue weighted by Gasteiger charge is 2.26. The zero-order valence-corrected chi connectivity index (χ0v) is 13.8. The summed E-state index contributed by atoms with van der Waals surface area (Å²) in [7, 11) is 1.45. The van der Waals surface area contributed by atoms with Crippen LogP contribution in [-0.2, 0) is 6.42 Å². The van der Waals surface area contributed by atoms with Crippen molar-refractivity contribution in [3.63, 3.8) is 0 Å². The molecule has 0 aromatic heterocycles. The molecular formula is C18H19N3O4. The van der Waals surface area contributed by atoms with E-state index in [-0.39, 0.29) is 17.3 Å². The summed E-state index contributed by atoms with van der Waals surface area (Å²) in [6.07, 6.45) is 2.61. The summed E-state index contributed by atoms with van der Waals surface area (Å²) < 4.78 is 5.08. The Kier molecular flexibility index (Phi) is 4.56. The molecule has 3 rings (SSSR count). The number of hydrogen-bond donors (Lipinski definition) is 2. The highest BCUT2D eigenvalue weighted by Crippen LogP contribution is 2.32. The number of rotatable bonds is 4. The van der Waals surface area contributed by atoms with Gasteiger partial charge >= 0.3 is 0 Å². The topological polar surface area (TPSA) is 107 Å². The van der Waals surface area contributed by atoms with Crippen LogP contribution in [0.1, 0.15) is 40.4 Å². The van der Waals surface area contributed by atoms with Gasteiger partial charge in [0.05, 0.1) is 18.1 Å². The molecule has 0 bridgehead atoms. The predicted molar refractivity (Wildman–Crippen MR) is 93.6 cm³/mol. The molecule has 0 radical (unpaired) electrons. The van der Waals surface area contributed by atoms with Crippen LogP contribution in [0.5, 0.6) is 5.75 Å². The highest BCUT2D eigenvalue weighted by molar-refractivity contribution is 5.98. The second-order valence-electron chi connectivity index (χ2n) is 6.02. The van der Waals surface area contributed by atoms with E-state index in [0.29, 0.717) is 11.4 Å². The number of nitro groups is 1. The minimum absolute atomic E-state index is 0.00748. The third-order valence-corrected chi connectivity index (χ3v) is 4.43. The largest absolute Gasteiger partial charge is 0.497 e. The van der Waals surface area contributed by atoms with Crippen molar-refractivity contribution in [2.75, 3.05) is 12.8 Å². The SMILES string of the molecule is COc1ccc([N+](=O)[O-])c(C(=O)NC2CCCc3cc(N)ccc32)c1. The van der Waals surface area contributed by atoms with E-state index in [4.69, 9.17) is 10.5 Å². The number of amides is 1.